The molecule has 17 heavy (non-hydrogen) atoms. The lowest BCUT2D eigenvalue weighted by molar-refractivity contribution is 1.08. The van der Waals surface area contributed by atoms with E-state index in [1.165, 1.54) is 22.9 Å². The number of hydrogen-bond donors (Lipinski definition) is 1. The lowest BCUT2D eigenvalue weighted by atomic mass is 10.0. The molecule has 1 rings (SSSR count). The van der Waals surface area contributed by atoms with Gasteiger partial charge in [0.1, 0.15) is 0 Å². The molecule has 0 aromatic heterocycles. The van der Waals surface area contributed by atoms with Crippen molar-refractivity contribution in [2.75, 3.05) is 6.26 Å². The minimum Gasteiger partial charge on any atom is -0.271 e. The summed E-state index contributed by atoms with van der Waals surface area (Å²) in [5.41, 5.74) is 3.44. The standard InChI is InChI=1S/C13H17N3S/c1-4-10-7-6-8-11(5-2)12(10)16-13(17-3)15-9-14/h6-8H,4-5H2,1-3H3,(H,15,16). The molecule has 0 aliphatic heterocycles. The zero-order valence-corrected chi connectivity index (χ0v) is 11.3. The second-order valence-corrected chi connectivity index (χ2v) is 4.28. The molecular formula is C13H17N3S. The van der Waals surface area contributed by atoms with E-state index >= 15 is 0 Å². The van der Waals surface area contributed by atoms with Gasteiger partial charge in [-0.3, -0.25) is 5.32 Å². The quantitative estimate of drug-likeness (QED) is 0.386. The average molecular weight is 247 g/mol. The highest BCUT2D eigenvalue weighted by atomic mass is 32.2. The third kappa shape index (κ3) is 3.50. The summed E-state index contributed by atoms with van der Waals surface area (Å²) in [4.78, 5) is 4.55. The van der Waals surface area contributed by atoms with Gasteiger partial charge in [-0.2, -0.15) is 5.26 Å². The molecule has 0 fully saturated rings. The lowest BCUT2D eigenvalue weighted by Gasteiger charge is -2.09. The second-order valence-electron chi connectivity index (χ2n) is 3.49. The van der Waals surface area contributed by atoms with E-state index in [1.807, 2.05) is 12.4 Å². The van der Waals surface area contributed by atoms with Gasteiger partial charge in [0.2, 0.25) is 0 Å². The molecule has 1 N–H and O–H groups in total. The van der Waals surface area contributed by atoms with E-state index in [4.69, 9.17) is 5.26 Å². The Kier molecular flexibility index (Phi) is 5.58. The van der Waals surface area contributed by atoms with Crippen LogP contribution >= 0.6 is 11.8 Å². The highest BCUT2D eigenvalue weighted by molar-refractivity contribution is 8.13. The summed E-state index contributed by atoms with van der Waals surface area (Å²) in [6, 6.07) is 6.23. The van der Waals surface area contributed by atoms with E-state index in [-0.39, 0.29) is 0 Å². The van der Waals surface area contributed by atoms with E-state index in [0.717, 1.165) is 18.5 Å². The third-order valence-electron chi connectivity index (χ3n) is 2.53. The van der Waals surface area contributed by atoms with Crippen LogP contribution in [-0.2, 0) is 12.8 Å². The molecule has 0 heterocycles. The van der Waals surface area contributed by atoms with Crippen molar-refractivity contribution in [3.05, 3.63) is 29.3 Å². The minimum atomic E-state index is 0.642. The molecule has 1 aromatic rings. The Balaban J connectivity index is 3.23. The number of aryl methyl sites for hydroxylation is 2. The van der Waals surface area contributed by atoms with Gasteiger partial charge in [-0.15, -0.1) is 0 Å². The molecule has 0 saturated heterocycles. The molecule has 0 amide bonds. The van der Waals surface area contributed by atoms with Gasteiger partial charge in [-0.05, 0) is 30.2 Å². The van der Waals surface area contributed by atoms with Crippen molar-refractivity contribution in [2.45, 2.75) is 26.7 Å². The Morgan fingerprint density at radius 2 is 1.94 bits per heavy atom. The maximum Gasteiger partial charge on any atom is 0.183 e. The fourth-order valence-corrected chi connectivity index (χ4v) is 1.96. The van der Waals surface area contributed by atoms with Gasteiger partial charge >= 0.3 is 0 Å². The summed E-state index contributed by atoms with van der Waals surface area (Å²) in [5, 5.41) is 11.9. The highest BCUT2D eigenvalue weighted by Crippen LogP contribution is 2.26. The Hall–Kier alpha value is -1.47. The predicted octanol–water partition coefficient (Wildman–Crippen LogP) is 3.23. The van der Waals surface area contributed by atoms with Crippen LogP contribution < -0.4 is 5.32 Å². The Labute approximate surface area is 107 Å². The number of rotatable bonds is 3. The molecular weight excluding hydrogens is 230 g/mol. The summed E-state index contributed by atoms with van der Waals surface area (Å²) >= 11 is 1.44. The van der Waals surface area contributed by atoms with Crippen molar-refractivity contribution in [2.24, 2.45) is 4.99 Å². The summed E-state index contributed by atoms with van der Waals surface area (Å²) in [7, 11) is 0. The van der Waals surface area contributed by atoms with Gasteiger partial charge < -0.3 is 0 Å². The minimum absolute atomic E-state index is 0.642. The number of thioether (sulfide) groups is 1. The largest absolute Gasteiger partial charge is 0.271 e. The zero-order chi connectivity index (χ0) is 12.7. The van der Waals surface area contributed by atoms with Crippen LogP contribution in [0.2, 0.25) is 0 Å². The molecule has 90 valence electrons. The SMILES string of the molecule is CCc1cccc(CC)c1N=C(NC#N)SC. The van der Waals surface area contributed by atoms with E-state index < -0.39 is 0 Å². The first kappa shape index (κ1) is 13.6. The normalized spacial score (nSPS) is 11.1. The van der Waals surface area contributed by atoms with Crippen LogP contribution in [0.25, 0.3) is 0 Å². The van der Waals surface area contributed by atoms with Crippen LogP contribution in [0.3, 0.4) is 0 Å². The summed E-state index contributed by atoms with van der Waals surface area (Å²) in [6.07, 6.45) is 5.71. The molecule has 0 spiro atoms. The Bertz CT molecular complexity index is 424. The van der Waals surface area contributed by atoms with Crippen LogP contribution in [0.1, 0.15) is 25.0 Å². The predicted molar refractivity (Wildman–Crippen MR) is 74.6 cm³/mol. The topological polar surface area (TPSA) is 48.2 Å². The first-order valence-corrected chi connectivity index (χ1v) is 6.87. The first-order valence-electron chi connectivity index (χ1n) is 5.65. The number of nitrogens with one attached hydrogen (secondary N) is 1. The van der Waals surface area contributed by atoms with Crippen molar-refractivity contribution >= 4 is 22.6 Å². The average Bonchev–Trinajstić information content (AvgIpc) is 2.38. The van der Waals surface area contributed by atoms with E-state index in [2.05, 4.69) is 42.4 Å². The van der Waals surface area contributed by atoms with Crippen LogP contribution in [0.5, 0.6) is 0 Å². The van der Waals surface area contributed by atoms with Crippen molar-refractivity contribution in [3.63, 3.8) is 0 Å². The van der Waals surface area contributed by atoms with Crippen LogP contribution in [0.4, 0.5) is 5.69 Å². The number of aliphatic imine (C=N–C) groups is 1. The fraction of sp³-hybridized carbons (Fsp3) is 0.385. The van der Waals surface area contributed by atoms with E-state index in [9.17, 15) is 0 Å². The molecule has 1 aromatic carbocycles. The molecule has 0 bridgehead atoms. The van der Waals surface area contributed by atoms with Crippen LogP contribution in [0, 0.1) is 11.5 Å². The van der Waals surface area contributed by atoms with Crippen molar-refractivity contribution in [3.8, 4) is 6.19 Å². The van der Waals surface area contributed by atoms with Gasteiger partial charge in [0.15, 0.2) is 11.4 Å². The molecule has 0 saturated carbocycles. The van der Waals surface area contributed by atoms with E-state index in [0.29, 0.717) is 5.17 Å². The number of para-hydroxylation sites is 1. The van der Waals surface area contributed by atoms with E-state index in [1.54, 1.807) is 0 Å². The summed E-state index contributed by atoms with van der Waals surface area (Å²) < 4.78 is 0. The van der Waals surface area contributed by atoms with Crippen LogP contribution in [0.15, 0.2) is 23.2 Å². The maximum absolute atomic E-state index is 8.64. The molecule has 0 unspecified atom stereocenters. The maximum atomic E-state index is 8.64. The molecule has 0 atom stereocenters. The molecule has 0 aliphatic carbocycles. The number of nitriles is 1. The van der Waals surface area contributed by atoms with Gasteiger partial charge in [-0.25, -0.2) is 4.99 Å². The van der Waals surface area contributed by atoms with Gasteiger partial charge in [-0.1, -0.05) is 43.8 Å². The number of amidine groups is 1. The second kappa shape index (κ2) is 6.97. The number of nitrogens with zero attached hydrogens (tertiary/aromatic N) is 2. The smallest absolute Gasteiger partial charge is 0.183 e. The zero-order valence-electron chi connectivity index (χ0n) is 10.4. The first-order chi connectivity index (χ1) is 8.26. The molecule has 4 heteroatoms. The Morgan fingerprint density at radius 1 is 1.35 bits per heavy atom. The summed E-state index contributed by atoms with van der Waals surface area (Å²) in [5.74, 6) is 0. The van der Waals surface area contributed by atoms with Gasteiger partial charge in [0.05, 0.1) is 5.69 Å². The number of benzene rings is 1. The monoisotopic (exact) mass is 247 g/mol. The third-order valence-corrected chi connectivity index (χ3v) is 3.11. The Morgan fingerprint density at radius 3 is 2.35 bits per heavy atom. The highest BCUT2D eigenvalue weighted by Gasteiger charge is 2.06. The van der Waals surface area contributed by atoms with Gasteiger partial charge in [0.25, 0.3) is 0 Å². The molecule has 0 radical (unpaired) electrons. The van der Waals surface area contributed by atoms with Crippen LogP contribution in [-0.4, -0.2) is 11.4 Å². The lowest BCUT2D eigenvalue weighted by Crippen LogP contribution is -2.12. The van der Waals surface area contributed by atoms with Crippen molar-refractivity contribution in [1.82, 2.24) is 5.32 Å². The van der Waals surface area contributed by atoms with Crippen molar-refractivity contribution < 1.29 is 0 Å². The fourth-order valence-electron chi connectivity index (χ4n) is 1.63. The number of hydrogen-bond acceptors (Lipinski definition) is 3. The summed E-state index contributed by atoms with van der Waals surface area (Å²) in [6.45, 7) is 4.23. The molecule has 0 aliphatic rings. The van der Waals surface area contributed by atoms with Gasteiger partial charge in [0, 0.05) is 0 Å². The molecule has 3 nitrogen and oxygen atoms in total. The van der Waals surface area contributed by atoms with Crippen molar-refractivity contribution in [1.29, 1.82) is 5.26 Å².